The molecule has 9 nitrogen and oxygen atoms in total. The molecule has 208 valence electrons. The molecule has 4 heterocycles. The summed E-state index contributed by atoms with van der Waals surface area (Å²) in [6, 6.07) is 19.1. The van der Waals surface area contributed by atoms with E-state index < -0.39 is 5.60 Å². The molecule has 2 aliphatic heterocycles. The van der Waals surface area contributed by atoms with Gasteiger partial charge in [-0.15, -0.1) is 5.10 Å². The first-order valence-electron chi connectivity index (χ1n) is 13.9. The minimum Gasteiger partial charge on any atom is -0.385 e. The first-order chi connectivity index (χ1) is 19.5. The van der Waals surface area contributed by atoms with Gasteiger partial charge in [0.2, 0.25) is 5.95 Å². The highest BCUT2D eigenvalue weighted by molar-refractivity contribution is 6.30. The maximum absolute atomic E-state index is 12.6. The van der Waals surface area contributed by atoms with Crippen LogP contribution >= 0.6 is 11.6 Å². The van der Waals surface area contributed by atoms with Crippen LogP contribution in [0.3, 0.4) is 0 Å². The molecule has 0 saturated carbocycles. The van der Waals surface area contributed by atoms with Gasteiger partial charge < -0.3 is 26.0 Å². The first-order valence-corrected chi connectivity index (χ1v) is 14.3. The lowest BCUT2D eigenvalue weighted by molar-refractivity contribution is 0.0118. The zero-order chi connectivity index (χ0) is 27.5. The van der Waals surface area contributed by atoms with E-state index in [1.54, 1.807) is 4.52 Å². The van der Waals surface area contributed by atoms with E-state index in [4.69, 9.17) is 16.6 Å². The van der Waals surface area contributed by atoms with Crippen LogP contribution in [0, 0.1) is 0 Å². The highest BCUT2D eigenvalue weighted by atomic mass is 35.5. The van der Waals surface area contributed by atoms with Crippen LogP contribution in [0.5, 0.6) is 0 Å². The number of hydrogen-bond acceptors (Lipinski definition) is 7. The number of carbonyl (C=O) groups is 1. The third-order valence-electron chi connectivity index (χ3n) is 7.98. The van der Waals surface area contributed by atoms with Crippen molar-refractivity contribution in [3.05, 3.63) is 83.0 Å². The van der Waals surface area contributed by atoms with Crippen LogP contribution in [-0.4, -0.2) is 57.8 Å². The Bertz CT molecular complexity index is 1460. The molecule has 2 aromatic carbocycles. The SMILES string of the molecule is O=C(NCC1CCCCN1)c1ccc(Nc2nc3c(N4CCC(O)(c5ccc(Cl)cc5)CC4)cccn3n2)cc1. The van der Waals surface area contributed by atoms with E-state index in [1.807, 2.05) is 66.9 Å². The average Bonchev–Trinajstić information content (AvgIpc) is 3.40. The molecule has 0 spiro atoms. The number of fused-ring (bicyclic) bond motifs is 1. The van der Waals surface area contributed by atoms with Gasteiger partial charge in [-0.25, -0.2) is 4.52 Å². The Morgan fingerprint density at radius 1 is 1.07 bits per heavy atom. The van der Waals surface area contributed by atoms with E-state index in [9.17, 15) is 9.90 Å². The van der Waals surface area contributed by atoms with Gasteiger partial charge in [0.25, 0.3) is 5.91 Å². The molecule has 2 fully saturated rings. The van der Waals surface area contributed by atoms with Gasteiger partial charge in [0.1, 0.15) is 0 Å². The summed E-state index contributed by atoms with van der Waals surface area (Å²) in [5.41, 5.74) is 3.16. The number of nitrogens with zero attached hydrogens (tertiary/aromatic N) is 4. The normalized spacial score (nSPS) is 18.9. The van der Waals surface area contributed by atoms with Gasteiger partial charge in [-0.1, -0.05) is 30.2 Å². The third kappa shape index (κ3) is 5.77. The van der Waals surface area contributed by atoms with Gasteiger partial charge in [-0.3, -0.25) is 4.79 Å². The molecule has 0 radical (unpaired) electrons. The van der Waals surface area contributed by atoms with E-state index in [0.29, 0.717) is 55.1 Å². The van der Waals surface area contributed by atoms with Gasteiger partial charge in [-0.2, -0.15) is 4.98 Å². The topological polar surface area (TPSA) is 107 Å². The van der Waals surface area contributed by atoms with E-state index in [1.165, 1.54) is 12.8 Å². The molecule has 1 atom stereocenters. The maximum Gasteiger partial charge on any atom is 0.251 e. The molecular formula is C30H34ClN7O2. The molecule has 1 unspecified atom stereocenters. The third-order valence-corrected chi connectivity index (χ3v) is 8.23. The highest BCUT2D eigenvalue weighted by Crippen LogP contribution is 2.36. The molecule has 4 aromatic rings. The molecule has 1 amide bonds. The summed E-state index contributed by atoms with van der Waals surface area (Å²) in [7, 11) is 0. The fourth-order valence-electron chi connectivity index (χ4n) is 5.61. The van der Waals surface area contributed by atoms with Crippen LogP contribution in [0.25, 0.3) is 5.65 Å². The maximum atomic E-state index is 12.6. The number of halogens is 1. The molecule has 2 saturated heterocycles. The molecule has 6 rings (SSSR count). The Labute approximate surface area is 238 Å². The fraction of sp³-hybridized carbons (Fsp3) is 0.367. The van der Waals surface area contributed by atoms with Crippen molar-refractivity contribution in [2.75, 3.05) is 36.4 Å². The summed E-state index contributed by atoms with van der Waals surface area (Å²) in [6.07, 6.45) is 6.59. The lowest BCUT2D eigenvalue weighted by atomic mass is 9.84. The van der Waals surface area contributed by atoms with Crippen molar-refractivity contribution in [2.24, 2.45) is 0 Å². The summed E-state index contributed by atoms with van der Waals surface area (Å²) < 4.78 is 1.76. The molecule has 4 N–H and O–H groups in total. The van der Waals surface area contributed by atoms with Gasteiger partial charge >= 0.3 is 0 Å². The Morgan fingerprint density at radius 2 is 1.85 bits per heavy atom. The number of pyridine rings is 1. The standard InChI is InChI=1S/C30H34ClN7O2/c31-23-10-8-22(9-11-23)30(40)14-18-37(19-15-30)26-5-3-17-38-27(26)35-29(36-38)34-24-12-6-21(7-13-24)28(39)33-20-25-4-1-2-16-32-25/h3,5-13,17,25,32,40H,1-2,4,14-16,18-20H2,(H,33,39)(H,34,36). The van der Waals surface area contributed by atoms with E-state index in [0.717, 1.165) is 35.6 Å². The first kappa shape index (κ1) is 26.6. The van der Waals surface area contributed by atoms with Gasteiger partial charge in [-0.05, 0) is 86.3 Å². The number of carbonyl (C=O) groups excluding carboxylic acids is 1. The highest BCUT2D eigenvalue weighted by Gasteiger charge is 2.34. The number of hydrogen-bond donors (Lipinski definition) is 4. The lowest BCUT2D eigenvalue weighted by Gasteiger charge is -2.39. The Kier molecular flexibility index (Phi) is 7.60. The van der Waals surface area contributed by atoms with Crippen molar-refractivity contribution in [1.29, 1.82) is 0 Å². The number of rotatable bonds is 7. The second-order valence-corrected chi connectivity index (χ2v) is 11.1. The predicted molar refractivity (Wildman–Crippen MR) is 157 cm³/mol. The second-order valence-electron chi connectivity index (χ2n) is 10.7. The number of piperidine rings is 2. The summed E-state index contributed by atoms with van der Waals surface area (Å²) in [4.78, 5) is 19.6. The van der Waals surface area contributed by atoms with Crippen LogP contribution in [0.2, 0.25) is 5.02 Å². The van der Waals surface area contributed by atoms with Crippen molar-refractivity contribution in [1.82, 2.24) is 25.2 Å². The number of nitrogens with one attached hydrogen (secondary N) is 3. The van der Waals surface area contributed by atoms with Gasteiger partial charge in [0.05, 0.1) is 11.3 Å². The lowest BCUT2D eigenvalue weighted by Crippen LogP contribution is -2.43. The molecule has 2 aromatic heterocycles. The Hall–Kier alpha value is -3.66. The van der Waals surface area contributed by atoms with Gasteiger partial charge in [0, 0.05) is 48.1 Å². The zero-order valence-electron chi connectivity index (χ0n) is 22.3. The molecule has 10 heteroatoms. The monoisotopic (exact) mass is 559 g/mol. The number of aromatic nitrogens is 3. The molecule has 0 aliphatic carbocycles. The number of benzene rings is 2. The van der Waals surface area contributed by atoms with Gasteiger partial charge in [0.15, 0.2) is 5.65 Å². The summed E-state index contributed by atoms with van der Waals surface area (Å²) in [6.45, 7) is 3.04. The minimum absolute atomic E-state index is 0.0705. The van der Waals surface area contributed by atoms with Crippen molar-refractivity contribution >= 4 is 40.5 Å². The Balaban J connectivity index is 1.10. The van der Waals surface area contributed by atoms with Crippen molar-refractivity contribution in [3.63, 3.8) is 0 Å². The van der Waals surface area contributed by atoms with Crippen LogP contribution in [0.1, 0.15) is 48.0 Å². The predicted octanol–water partition coefficient (Wildman–Crippen LogP) is 4.49. The van der Waals surface area contributed by atoms with Crippen LogP contribution in [0.15, 0.2) is 66.9 Å². The fourth-order valence-corrected chi connectivity index (χ4v) is 5.73. The second kappa shape index (κ2) is 11.4. The largest absolute Gasteiger partial charge is 0.385 e. The van der Waals surface area contributed by atoms with E-state index in [2.05, 4.69) is 25.9 Å². The van der Waals surface area contributed by atoms with Crippen molar-refractivity contribution < 1.29 is 9.90 Å². The molecule has 0 bridgehead atoms. The van der Waals surface area contributed by atoms with Crippen LogP contribution < -0.4 is 20.9 Å². The molecule has 2 aliphatic rings. The minimum atomic E-state index is -0.873. The smallest absolute Gasteiger partial charge is 0.251 e. The van der Waals surface area contributed by atoms with E-state index in [-0.39, 0.29) is 5.91 Å². The molecule has 40 heavy (non-hydrogen) atoms. The summed E-state index contributed by atoms with van der Waals surface area (Å²) in [5, 5.41) is 26.3. The summed E-state index contributed by atoms with van der Waals surface area (Å²) in [5.74, 6) is 0.404. The van der Waals surface area contributed by atoms with Crippen molar-refractivity contribution in [3.8, 4) is 0 Å². The number of amides is 1. The Morgan fingerprint density at radius 3 is 2.58 bits per heavy atom. The van der Waals surface area contributed by atoms with Crippen LogP contribution in [-0.2, 0) is 5.60 Å². The zero-order valence-corrected chi connectivity index (χ0v) is 23.1. The quantitative estimate of drug-likeness (QED) is 0.264. The average molecular weight is 560 g/mol. The summed E-state index contributed by atoms with van der Waals surface area (Å²) >= 11 is 6.04. The van der Waals surface area contributed by atoms with Crippen molar-refractivity contribution in [2.45, 2.75) is 43.7 Å². The van der Waals surface area contributed by atoms with Crippen LogP contribution in [0.4, 0.5) is 17.3 Å². The molecular weight excluding hydrogens is 526 g/mol. The number of aliphatic hydroxyl groups is 1. The number of anilines is 3. The van der Waals surface area contributed by atoms with E-state index >= 15 is 0 Å².